The number of alkyl halides is 3. The lowest BCUT2D eigenvalue weighted by atomic mass is 10.1. The molecule has 1 saturated heterocycles. The van der Waals surface area contributed by atoms with Crippen LogP contribution in [0.15, 0.2) is 36.5 Å². The zero-order chi connectivity index (χ0) is 21.5. The van der Waals surface area contributed by atoms with Gasteiger partial charge in [0.05, 0.1) is 11.6 Å². The van der Waals surface area contributed by atoms with Crippen molar-refractivity contribution < 1.29 is 22.8 Å². The molecule has 3 heterocycles. The van der Waals surface area contributed by atoms with Gasteiger partial charge in [0, 0.05) is 38.3 Å². The van der Waals surface area contributed by atoms with Crippen LogP contribution in [0.3, 0.4) is 0 Å². The Kier molecular flexibility index (Phi) is 4.88. The Bertz CT molecular complexity index is 1110. The lowest BCUT2D eigenvalue weighted by molar-refractivity contribution is -0.144. The van der Waals surface area contributed by atoms with Crippen LogP contribution >= 0.6 is 0 Å². The quantitative estimate of drug-likeness (QED) is 0.699. The number of likely N-dealkylation sites (tertiary alicyclic amines) is 1. The number of benzene rings is 1. The fraction of sp³-hybridized carbons (Fsp3) is 0.316. The number of fused-ring (bicyclic) bond motifs is 1. The molecule has 156 valence electrons. The number of nitrogens with one attached hydrogen (secondary N) is 1. The molecule has 0 aliphatic carbocycles. The molecule has 1 aromatic carbocycles. The number of amides is 2. The van der Waals surface area contributed by atoms with E-state index in [-0.39, 0.29) is 36.5 Å². The summed E-state index contributed by atoms with van der Waals surface area (Å²) in [5.74, 6) is -1.99. The van der Waals surface area contributed by atoms with Crippen molar-refractivity contribution in [1.82, 2.24) is 29.8 Å². The van der Waals surface area contributed by atoms with E-state index in [1.165, 1.54) is 11.1 Å². The van der Waals surface area contributed by atoms with Gasteiger partial charge in [-0.15, -0.1) is 5.10 Å². The first-order chi connectivity index (χ1) is 14.2. The summed E-state index contributed by atoms with van der Waals surface area (Å²) in [5.41, 5.74) is 1.84. The number of carbonyl (C=O) groups is 2. The number of aromatic nitrogens is 4. The van der Waals surface area contributed by atoms with Gasteiger partial charge in [0.2, 0.25) is 11.8 Å². The fourth-order valence-electron chi connectivity index (χ4n) is 3.30. The summed E-state index contributed by atoms with van der Waals surface area (Å²) in [6.45, 7) is 0.681. The second-order valence-electron chi connectivity index (χ2n) is 7.07. The summed E-state index contributed by atoms with van der Waals surface area (Å²) in [7, 11) is 1.66. The van der Waals surface area contributed by atoms with Crippen LogP contribution in [0.25, 0.3) is 17.0 Å². The van der Waals surface area contributed by atoms with Crippen molar-refractivity contribution in [1.29, 1.82) is 0 Å². The van der Waals surface area contributed by atoms with Gasteiger partial charge in [-0.1, -0.05) is 24.3 Å². The molecular weight excluding hydrogens is 401 g/mol. The van der Waals surface area contributed by atoms with Crippen molar-refractivity contribution in [2.75, 3.05) is 13.6 Å². The molecule has 1 aliphatic heterocycles. The average molecular weight is 418 g/mol. The summed E-state index contributed by atoms with van der Waals surface area (Å²) in [4.78, 5) is 32.6. The number of hydrogen-bond donors (Lipinski definition) is 1. The number of hydrogen-bond acceptors (Lipinski definition) is 5. The first-order valence-electron chi connectivity index (χ1n) is 9.12. The lowest BCUT2D eigenvalue weighted by Crippen LogP contribution is -2.31. The minimum atomic E-state index is -4.66. The normalized spacial score (nSPS) is 17.0. The standard InChI is InChI=1S/C19H17F3N6O2/c1-27-10-13(8-15(27)29)16(30)24-9-11-2-4-12(5-3-11)14-6-7-23-18-25-17(19(20,21)22)26-28(14)18/h2-7,13H,8-10H2,1H3,(H,24,30)/t13-/m1/s1. The van der Waals surface area contributed by atoms with Crippen molar-refractivity contribution in [3.63, 3.8) is 0 Å². The Morgan fingerprint density at radius 3 is 2.60 bits per heavy atom. The predicted molar refractivity (Wildman–Crippen MR) is 98.8 cm³/mol. The molecule has 1 fully saturated rings. The van der Waals surface area contributed by atoms with Crippen molar-refractivity contribution in [3.05, 3.63) is 47.9 Å². The summed E-state index contributed by atoms with van der Waals surface area (Å²) in [6, 6.07) is 8.51. The molecule has 8 nitrogen and oxygen atoms in total. The Morgan fingerprint density at radius 2 is 1.97 bits per heavy atom. The van der Waals surface area contributed by atoms with E-state index in [1.54, 1.807) is 37.4 Å². The fourth-order valence-corrected chi connectivity index (χ4v) is 3.30. The molecule has 0 unspecified atom stereocenters. The summed E-state index contributed by atoms with van der Waals surface area (Å²) in [6.07, 6.45) is -3.09. The SMILES string of the molecule is CN1C[C@H](C(=O)NCc2ccc(-c3ccnc4nc(C(F)(F)F)nn34)cc2)CC1=O. The van der Waals surface area contributed by atoms with Gasteiger partial charge in [-0.05, 0) is 11.6 Å². The first kappa shape index (κ1) is 19.8. The van der Waals surface area contributed by atoms with Crippen LogP contribution in [0.1, 0.15) is 17.8 Å². The molecule has 30 heavy (non-hydrogen) atoms. The highest BCUT2D eigenvalue weighted by atomic mass is 19.4. The lowest BCUT2D eigenvalue weighted by Gasteiger charge is -2.11. The molecular formula is C19H17F3N6O2. The largest absolute Gasteiger partial charge is 0.453 e. The molecule has 2 aromatic heterocycles. The van der Waals surface area contributed by atoms with E-state index in [9.17, 15) is 22.8 Å². The van der Waals surface area contributed by atoms with Crippen LogP contribution in [0.5, 0.6) is 0 Å². The third kappa shape index (κ3) is 3.82. The highest BCUT2D eigenvalue weighted by Gasteiger charge is 2.36. The van der Waals surface area contributed by atoms with Crippen molar-refractivity contribution >= 4 is 17.6 Å². The Labute approximate surface area is 168 Å². The second-order valence-corrected chi connectivity index (χ2v) is 7.07. The number of halogens is 3. The van der Waals surface area contributed by atoms with Crippen molar-refractivity contribution in [2.45, 2.75) is 19.1 Å². The summed E-state index contributed by atoms with van der Waals surface area (Å²) in [5, 5.41) is 6.34. The van der Waals surface area contributed by atoms with Crippen molar-refractivity contribution in [2.24, 2.45) is 5.92 Å². The molecule has 1 aliphatic rings. The molecule has 4 rings (SSSR count). The van der Waals surface area contributed by atoms with E-state index >= 15 is 0 Å². The van der Waals surface area contributed by atoms with Gasteiger partial charge in [-0.25, -0.2) is 4.98 Å². The predicted octanol–water partition coefficient (Wildman–Crippen LogP) is 1.90. The number of rotatable bonds is 4. The van der Waals surface area contributed by atoms with Crippen molar-refractivity contribution in [3.8, 4) is 11.3 Å². The first-order valence-corrected chi connectivity index (χ1v) is 9.12. The van der Waals surface area contributed by atoms with Crippen LogP contribution in [0.4, 0.5) is 13.2 Å². The maximum absolute atomic E-state index is 12.9. The zero-order valence-electron chi connectivity index (χ0n) is 15.8. The van der Waals surface area contributed by atoms with Crippen LogP contribution < -0.4 is 5.32 Å². The molecule has 0 saturated carbocycles. The Hall–Kier alpha value is -3.50. The van der Waals surface area contributed by atoms with Gasteiger partial charge in [-0.2, -0.15) is 22.7 Å². The molecule has 1 N–H and O–H groups in total. The van der Waals surface area contributed by atoms with Crippen LogP contribution in [0, 0.1) is 5.92 Å². The van der Waals surface area contributed by atoms with Crippen LogP contribution in [-0.4, -0.2) is 49.9 Å². The van der Waals surface area contributed by atoms with Gasteiger partial charge >= 0.3 is 6.18 Å². The van der Waals surface area contributed by atoms with E-state index in [0.29, 0.717) is 17.8 Å². The molecule has 0 bridgehead atoms. The minimum Gasteiger partial charge on any atom is -0.352 e. The van der Waals surface area contributed by atoms with E-state index in [2.05, 4.69) is 20.4 Å². The molecule has 0 radical (unpaired) electrons. The van der Waals surface area contributed by atoms with E-state index in [1.807, 2.05) is 0 Å². The monoisotopic (exact) mass is 418 g/mol. The topological polar surface area (TPSA) is 92.5 Å². The third-order valence-electron chi connectivity index (χ3n) is 4.92. The second kappa shape index (κ2) is 7.39. The summed E-state index contributed by atoms with van der Waals surface area (Å²) >= 11 is 0. The summed E-state index contributed by atoms with van der Waals surface area (Å²) < 4.78 is 39.7. The number of nitrogens with zero attached hydrogens (tertiary/aromatic N) is 5. The average Bonchev–Trinajstić information content (AvgIpc) is 3.30. The molecule has 2 amide bonds. The smallest absolute Gasteiger partial charge is 0.352 e. The minimum absolute atomic E-state index is 0.0510. The maximum Gasteiger partial charge on any atom is 0.453 e. The maximum atomic E-state index is 12.9. The van der Waals surface area contributed by atoms with E-state index < -0.39 is 12.0 Å². The van der Waals surface area contributed by atoms with Gasteiger partial charge in [-0.3, -0.25) is 9.59 Å². The highest BCUT2D eigenvalue weighted by Crippen LogP contribution is 2.28. The zero-order valence-corrected chi connectivity index (χ0v) is 15.8. The van der Waals surface area contributed by atoms with E-state index in [4.69, 9.17) is 0 Å². The molecule has 11 heteroatoms. The van der Waals surface area contributed by atoms with Gasteiger partial charge in [0.1, 0.15) is 0 Å². The Morgan fingerprint density at radius 1 is 1.23 bits per heavy atom. The van der Waals surface area contributed by atoms with Gasteiger partial charge in [0.15, 0.2) is 0 Å². The molecule has 0 spiro atoms. The highest BCUT2D eigenvalue weighted by molar-refractivity contribution is 5.89. The van der Waals surface area contributed by atoms with E-state index in [0.717, 1.165) is 10.1 Å². The third-order valence-corrected chi connectivity index (χ3v) is 4.92. The van der Waals surface area contributed by atoms with Crippen LogP contribution in [0.2, 0.25) is 0 Å². The van der Waals surface area contributed by atoms with Crippen LogP contribution in [-0.2, 0) is 22.3 Å². The number of carbonyl (C=O) groups excluding carboxylic acids is 2. The Balaban J connectivity index is 1.48. The molecule has 3 aromatic rings. The van der Waals surface area contributed by atoms with Gasteiger partial charge in [0.25, 0.3) is 11.6 Å². The van der Waals surface area contributed by atoms with Gasteiger partial charge < -0.3 is 10.2 Å². The molecule has 1 atom stereocenters.